The van der Waals surface area contributed by atoms with Gasteiger partial charge in [0.1, 0.15) is 11.6 Å². The zero-order chi connectivity index (χ0) is 19.5. The molecule has 1 saturated heterocycles. The van der Waals surface area contributed by atoms with E-state index in [-0.39, 0.29) is 18.2 Å². The number of halogens is 2. The van der Waals surface area contributed by atoms with E-state index in [0.717, 1.165) is 49.7 Å². The van der Waals surface area contributed by atoms with Gasteiger partial charge in [-0.25, -0.2) is 9.37 Å². The maximum absolute atomic E-state index is 13.3. The standard InChI is InChI=1S/C22H26FN5.ClH/c1-17(2)28-16-18(14-25-28)15-26-10-12-27(13-11-26)22-21(4-3-9-24-22)19-5-7-20(23)8-6-19;/h3-9,14,16-17H,10-13,15H2,1-2H3;1H. The molecule has 154 valence electrons. The fourth-order valence-electron chi connectivity index (χ4n) is 3.62. The molecule has 0 bridgehead atoms. The molecule has 1 aliphatic heterocycles. The first kappa shape index (κ1) is 21.3. The zero-order valence-corrected chi connectivity index (χ0v) is 17.6. The highest BCUT2D eigenvalue weighted by Crippen LogP contribution is 2.29. The highest BCUT2D eigenvalue weighted by molar-refractivity contribution is 5.85. The monoisotopic (exact) mass is 415 g/mol. The Morgan fingerprint density at radius 3 is 2.41 bits per heavy atom. The summed E-state index contributed by atoms with van der Waals surface area (Å²) < 4.78 is 15.3. The molecule has 0 amide bonds. The number of hydrogen-bond donors (Lipinski definition) is 0. The van der Waals surface area contributed by atoms with Crippen LogP contribution >= 0.6 is 12.4 Å². The van der Waals surface area contributed by atoms with Crippen molar-refractivity contribution in [3.05, 3.63) is 66.4 Å². The Balaban J connectivity index is 0.00000240. The van der Waals surface area contributed by atoms with Gasteiger partial charge in [0.2, 0.25) is 0 Å². The average molecular weight is 416 g/mol. The lowest BCUT2D eigenvalue weighted by Crippen LogP contribution is -2.46. The summed E-state index contributed by atoms with van der Waals surface area (Å²) in [5.74, 6) is 0.755. The number of aromatic nitrogens is 3. The van der Waals surface area contributed by atoms with Crippen LogP contribution in [0.4, 0.5) is 10.2 Å². The smallest absolute Gasteiger partial charge is 0.136 e. The second-order valence-corrected chi connectivity index (χ2v) is 7.57. The fraction of sp³-hybridized carbons (Fsp3) is 0.364. The second kappa shape index (κ2) is 9.37. The average Bonchev–Trinajstić information content (AvgIpc) is 3.18. The molecular weight excluding hydrogens is 389 g/mol. The Hall–Kier alpha value is -2.44. The van der Waals surface area contributed by atoms with Gasteiger partial charge in [0.05, 0.1) is 6.20 Å². The third kappa shape index (κ3) is 4.95. The molecule has 1 aliphatic rings. The van der Waals surface area contributed by atoms with Gasteiger partial charge in [0, 0.05) is 62.3 Å². The Bertz CT molecular complexity index is 917. The Labute approximate surface area is 177 Å². The predicted octanol–water partition coefficient (Wildman–Crippen LogP) is 4.41. The van der Waals surface area contributed by atoms with E-state index in [0.29, 0.717) is 6.04 Å². The van der Waals surface area contributed by atoms with Crippen LogP contribution in [0, 0.1) is 5.82 Å². The van der Waals surface area contributed by atoms with Crippen molar-refractivity contribution in [1.82, 2.24) is 19.7 Å². The summed E-state index contributed by atoms with van der Waals surface area (Å²) in [5.41, 5.74) is 3.30. The molecule has 29 heavy (non-hydrogen) atoms. The third-order valence-electron chi connectivity index (χ3n) is 5.20. The number of hydrogen-bond acceptors (Lipinski definition) is 4. The van der Waals surface area contributed by atoms with Crippen molar-refractivity contribution in [2.24, 2.45) is 0 Å². The van der Waals surface area contributed by atoms with Gasteiger partial charge in [0.15, 0.2) is 0 Å². The van der Waals surface area contributed by atoms with Crippen LogP contribution in [-0.2, 0) is 6.54 Å². The van der Waals surface area contributed by atoms with Crippen LogP contribution in [0.2, 0.25) is 0 Å². The van der Waals surface area contributed by atoms with Gasteiger partial charge in [-0.3, -0.25) is 9.58 Å². The van der Waals surface area contributed by atoms with E-state index in [1.807, 2.05) is 35.3 Å². The summed E-state index contributed by atoms with van der Waals surface area (Å²) in [7, 11) is 0. The number of anilines is 1. The molecule has 0 unspecified atom stereocenters. The Kier molecular flexibility index (Phi) is 6.87. The molecule has 0 aliphatic carbocycles. The van der Waals surface area contributed by atoms with Crippen LogP contribution in [-0.4, -0.2) is 45.8 Å². The Morgan fingerprint density at radius 2 is 1.76 bits per heavy atom. The van der Waals surface area contributed by atoms with E-state index in [1.54, 1.807) is 0 Å². The van der Waals surface area contributed by atoms with Crippen molar-refractivity contribution >= 4 is 18.2 Å². The van der Waals surface area contributed by atoms with Gasteiger partial charge in [0.25, 0.3) is 0 Å². The van der Waals surface area contributed by atoms with Gasteiger partial charge in [-0.2, -0.15) is 5.10 Å². The molecule has 0 saturated carbocycles. The molecule has 1 aromatic carbocycles. The van der Waals surface area contributed by atoms with Crippen molar-refractivity contribution in [2.45, 2.75) is 26.4 Å². The molecule has 3 aromatic rings. The van der Waals surface area contributed by atoms with Gasteiger partial charge in [-0.15, -0.1) is 12.4 Å². The zero-order valence-electron chi connectivity index (χ0n) is 16.8. The van der Waals surface area contributed by atoms with Crippen LogP contribution in [0.3, 0.4) is 0 Å². The van der Waals surface area contributed by atoms with Crippen LogP contribution in [0.5, 0.6) is 0 Å². The molecule has 0 radical (unpaired) electrons. The Morgan fingerprint density at radius 1 is 1.03 bits per heavy atom. The van der Waals surface area contributed by atoms with Crippen molar-refractivity contribution in [2.75, 3.05) is 31.1 Å². The molecule has 0 N–H and O–H groups in total. The van der Waals surface area contributed by atoms with Crippen molar-refractivity contribution in [3.63, 3.8) is 0 Å². The minimum atomic E-state index is -0.219. The lowest BCUT2D eigenvalue weighted by Gasteiger charge is -2.36. The topological polar surface area (TPSA) is 37.2 Å². The molecular formula is C22H27ClFN5. The maximum Gasteiger partial charge on any atom is 0.136 e. The molecule has 1 fully saturated rings. The van der Waals surface area contributed by atoms with Gasteiger partial charge in [-0.05, 0) is 43.7 Å². The van der Waals surface area contributed by atoms with Crippen molar-refractivity contribution in [3.8, 4) is 11.1 Å². The first-order chi connectivity index (χ1) is 13.6. The molecule has 4 rings (SSSR count). The summed E-state index contributed by atoms with van der Waals surface area (Å²) in [5, 5.41) is 4.44. The first-order valence-electron chi connectivity index (χ1n) is 9.81. The number of rotatable bonds is 5. The molecule has 0 spiro atoms. The highest BCUT2D eigenvalue weighted by Gasteiger charge is 2.21. The third-order valence-corrected chi connectivity index (χ3v) is 5.20. The largest absolute Gasteiger partial charge is 0.354 e. The van der Waals surface area contributed by atoms with E-state index >= 15 is 0 Å². The minimum Gasteiger partial charge on any atom is -0.354 e. The van der Waals surface area contributed by atoms with Crippen LogP contribution in [0.15, 0.2) is 55.0 Å². The SMILES string of the molecule is CC(C)n1cc(CN2CCN(c3ncccc3-c3ccc(F)cc3)CC2)cn1.Cl. The molecule has 5 nitrogen and oxygen atoms in total. The lowest BCUT2D eigenvalue weighted by molar-refractivity contribution is 0.249. The van der Waals surface area contributed by atoms with Crippen LogP contribution in [0.1, 0.15) is 25.5 Å². The number of benzene rings is 1. The van der Waals surface area contributed by atoms with Gasteiger partial charge in [-0.1, -0.05) is 12.1 Å². The summed E-state index contributed by atoms with van der Waals surface area (Å²) >= 11 is 0. The summed E-state index contributed by atoms with van der Waals surface area (Å²) in [6.45, 7) is 9.00. The van der Waals surface area contributed by atoms with E-state index in [1.165, 1.54) is 17.7 Å². The second-order valence-electron chi connectivity index (χ2n) is 7.57. The first-order valence-corrected chi connectivity index (χ1v) is 9.81. The van der Waals surface area contributed by atoms with Crippen LogP contribution in [0.25, 0.3) is 11.1 Å². The normalized spacial score (nSPS) is 14.8. The summed E-state index contributed by atoms with van der Waals surface area (Å²) in [4.78, 5) is 9.42. The van der Waals surface area contributed by atoms with Crippen molar-refractivity contribution in [1.29, 1.82) is 0 Å². The van der Waals surface area contributed by atoms with E-state index in [2.05, 4.69) is 46.0 Å². The number of pyridine rings is 1. The summed E-state index contributed by atoms with van der Waals surface area (Å²) in [6.07, 6.45) is 5.94. The van der Waals surface area contributed by atoms with E-state index < -0.39 is 0 Å². The predicted molar refractivity (Wildman–Crippen MR) is 117 cm³/mol. The van der Waals surface area contributed by atoms with Crippen LogP contribution < -0.4 is 4.90 Å². The summed E-state index contributed by atoms with van der Waals surface area (Å²) in [6, 6.07) is 11.0. The molecule has 7 heteroatoms. The quantitative estimate of drug-likeness (QED) is 0.618. The minimum absolute atomic E-state index is 0. The van der Waals surface area contributed by atoms with E-state index in [4.69, 9.17) is 0 Å². The van der Waals surface area contributed by atoms with Gasteiger partial charge >= 0.3 is 0 Å². The lowest BCUT2D eigenvalue weighted by atomic mass is 10.1. The fourth-order valence-corrected chi connectivity index (χ4v) is 3.62. The van der Waals surface area contributed by atoms with Gasteiger partial charge < -0.3 is 4.90 Å². The van der Waals surface area contributed by atoms with Crippen molar-refractivity contribution < 1.29 is 4.39 Å². The highest BCUT2D eigenvalue weighted by atomic mass is 35.5. The molecule has 0 atom stereocenters. The maximum atomic E-state index is 13.3. The number of nitrogens with zero attached hydrogens (tertiary/aromatic N) is 5. The number of piperazine rings is 1. The molecule has 2 aromatic heterocycles. The van der Waals surface area contributed by atoms with E-state index in [9.17, 15) is 4.39 Å². The molecule has 3 heterocycles.